The summed E-state index contributed by atoms with van der Waals surface area (Å²) in [6.07, 6.45) is 14.2. The molecule has 142 valence electrons. The van der Waals surface area contributed by atoms with Gasteiger partial charge in [-0.05, 0) is 98.9 Å². The van der Waals surface area contributed by atoms with Crippen LogP contribution >= 0.6 is 0 Å². The predicted molar refractivity (Wildman–Crippen MR) is 116 cm³/mol. The van der Waals surface area contributed by atoms with Crippen molar-refractivity contribution in [3.8, 4) is 0 Å². The van der Waals surface area contributed by atoms with E-state index >= 15 is 0 Å². The highest BCUT2D eigenvalue weighted by Crippen LogP contribution is 2.33. The van der Waals surface area contributed by atoms with Crippen LogP contribution in [0, 0.1) is 5.41 Å². The standard InChI is InChI=1S/C24H31N3/c1-2-21-22-16-19(17-12-14-26-15-13-17)9-11-23(22)27-24(21)18-6-4-3-5-7-20(25)10-8-18/h6,8-11,16-17,25-27H,2-5,7,12-15H2,1H3/b10-8-,18-6+,25-20?. The highest BCUT2D eigenvalue weighted by molar-refractivity contribution is 5.97. The molecule has 2 heterocycles. The van der Waals surface area contributed by atoms with E-state index in [1.165, 1.54) is 46.1 Å². The summed E-state index contributed by atoms with van der Waals surface area (Å²) in [5.41, 5.74) is 7.39. The van der Waals surface area contributed by atoms with Crippen molar-refractivity contribution in [2.45, 2.75) is 57.8 Å². The van der Waals surface area contributed by atoms with E-state index in [4.69, 9.17) is 5.41 Å². The number of hydrogen-bond acceptors (Lipinski definition) is 2. The van der Waals surface area contributed by atoms with Crippen LogP contribution in [0.2, 0.25) is 0 Å². The maximum absolute atomic E-state index is 8.09. The highest BCUT2D eigenvalue weighted by atomic mass is 14.9. The van der Waals surface area contributed by atoms with Crippen molar-refractivity contribution < 1.29 is 0 Å². The number of aromatic nitrogens is 1. The minimum absolute atomic E-state index is 0.684. The molecule has 27 heavy (non-hydrogen) atoms. The topological polar surface area (TPSA) is 51.7 Å². The number of benzene rings is 1. The van der Waals surface area contributed by atoms with Gasteiger partial charge in [0.15, 0.2) is 0 Å². The number of aryl methyl sites for hydroxylation is 1. The molecule has 0 unspecified atom stereocenters. The molecule has 3 nitrogen and oxygen atoms in total. The molecular weight excluding hydrogens is 330 g/mol. The lowest BCUT2D eigenvalue weighted by Gasteiger charge is -2.23. The molecule has 1 aliphatic heterocycles. The van der Waals surface area contributed by atoms with Crippen LogP contribution in [0.4, 0.5) is 0 Å². The monoisotopic (exact) mass is 361 g/mol. The van der Waals surface area contributed by atoms with Crippen LogP contribution in [-0.2, 0) is 6.42 Å². The van der Waals surface area contributed by atoms with E-state index in [1.54, 1.807) is 0 Å². The Balaban J connectivity index is 1.75. The minimum Gasteiger partial charge on any atom is -0.354 e. The predicted octanol–water partition coefficient (Wildman–Crippen LogP) is 5.73. The molecule has 2 aromatic rings. The molecule has 0 saturated carbocycles. The summed E-state index contributed by atoms with van der Waals surface area (Å²) in [6, 6.07) is 7.03. The van der Waals surface area contributed by atoms with Gasteiger partial charge in [0.2, 0.25) is 0 Å². The Morgan fingerprint density at radius 2 is 1.96 bits per heavy atom. The molecule has 1 aromatic heterocycles. The van der Waals surface area contributed by atoms with Crippen LogP contribution in [-0.4, -0.2) is 23.8 Å². The van der Waals surface area contributed by atoms with Crippen molar-refractivity contribution >= 4 is 22.2 Å². The van der Waals surface area contributed by atoms with E-state index < -0.39 is 0 Å². The smallest absolute Gasteiger partial charge is 0.0494 e. The van der Waals surface area contributed by atoms with Crippen molar-refractivity contribution in [2.24, 2.45) is 0 Å². The Morgan fingerprint density at radius 3 is 2.78 bits per heavy atom. The van der Waals surface area contributed by atoms with Gasteiger partial charge < -0.3 is 15.7 Å². The Hall–Kier alpha value is -2.13. The quantitative estimate of drug-likeness (QED) is 0.642. The Bertz CT molecular complexity index is 878. The van der Waals surface area contributed by atoms with Gasteiger partial charge in [-0.2, -0.15) is 0 Å². The Labute approximate surface area is 162 Å². The molecule has 1 fully saturated rings. The van der Waals surface area contributed by atoms with Crippen LogP contribution in [0.15, 0.2) is 36.4 Å². The first-order valence-electron chi connectivity index (χ1n) is 10.6. The molecule has 0 atom stereocenters. The van der Waals surface area contributed by atoms with Crippen molar-refractivity contribution in [1.29, 1.82) is 5.41 Å². The molecule has 3 heteroatoms. The second kappa shape index (κ2) is 8.26. The summed E-state index contributed by atoms with van der Waals surface area (Å²) in [5.74, 6) is 0.684. The lowest BCUT2D eigenvalue weighted by atomic mass is 9.89. The fraction of sp³-hybridized carbons (Fsp3) is 0.458. The van der Waals surface area contributed by atoms with Gasteiger partial charge in [0.25, 0.3) is 0 Å². The minimum atomic E-state index is 0.684. The van der Waals surface area contributed by atoms with Crippen LogP contribution in [0.25, 0.3) is 16.5 Å². The maximum atomic E-state index is 8.09. The number of H-pyrrole nitrogens is 1. The number of rotatable bonds is 3. The van der Waals surface area contributed by atoms with Gasteiger partial charge in [-0.1, -0.05) is 25.1 Å². The van der Waals surface area contributed by atoms with Gasteiger partial charge in [-0.15, -0.1) is 0 Å². The van der Waals surface area contributed by atoms with Gasteiger partial charge in [-0.3, -0.25) is 0 Å². The second-order valence-electron chi connectivity index (χ2n) is 7.93. The first kappa shape index (κ1) is 18.2. The Morgan fingerprint density at radius 1 is 1.11 bits per heavy atom. The van der Waals surface area contributed by atoms with E-state index in [0.29, 0.717) is 5.92 Å². The van der Waals surface area contributed by atoms with Gasteiger partial charge in [0.05, 0.1) is 0 Å². The fourth-order valence-electron chi connectivity index (χ4n) is 4.53. The maximum Gasteiger partial charge on any atom is 0.0494 e. The fourth-order valence-corrected chi connectivity index (χ4v) is 4.53. The molecule has 1 aliphatic carbocycles. The first-order chi connectivity index (χ1) is 13.3. The number of fused-ring (bicyclic) bond motifs is 1. The zero-order chi connectivity index (χ0) is 18.6. The van der Waals surface area contributed by atoms with Gasteiger partial charge in [-0.25, -0.2) is 0 Å². The van der Waals surface area contributed by atoms with Crippen molar-refractivity contribution in [3.63, 3.8) is 0 Å². The molecule has 0 amide bonds. The number of allylic oxidation sites excluding steroid dienone is 4. The second-order valence-corrected chi connectivity index (χ2v) is 7.93. The molecule has 0 bridgehead atoms. The highest BCUT2D eigenvalue weighted by Gasteiger charge is 2.18. The molecule has 0 radical (unpaired) electrons. The number of nitrogens with one attached hydrogen (secondary N) is 3. The van der Waals surface area contributed by atoms with E-state index in [1.807, 2.05) is 6.08 Å². The van der Waals surface area contributed by atoms with Gasteiger partial charge in [0.1, 0.15) is 0 Å². The van der Waals surface area contributed by atoms with Crippen molar-refractivity contribution in [2.75, 3.05) is 13.1 Å². The third-order valence-corrected chi connectivity index (χ3v) is 6.11. The van der Waals surface area contributed by atoms with Crippen LogP contribution in [0.1, 0.15) is 68.2 Å². The summed E-state index contributed by atoms with van der Waals surface area (Å²) in [6.45, 7) is 4.52. The molecule has 2 aliphatic rings. The zero-order valence-corrected chi connectivity index (χ0v) is 16.4. The number of aromatic amines is 1. The molecular formula is C24H31N3. The van der Waals surface area contributed by atoms with E-state index in [-0.39, 0.29) is 0 Å². The van der Waals surface area contributed by atoms with Crippen LogP contribution in [0.3, 0.4) is 0 Å². The van der Waals surface area contributed by atoms with Crippen molar-refractivity contribution in [3.05, 3.63) is 53.2 Å². The normalized spacial score (nSPS) is 22.7. The lowest BCUT2D eigenvalue weighted by Crippen LogP contribution is -2.26. The van der Waals surface area contributed by atoms with E-state index in [9.17, 15) is 0 Å². The van der Waals surface area contributed by atoms with E-state index in [0.717, 1.165) is 50.9 Å². The van der Waals surface area contributed by atoms with Crippen LogP contribution < -0.4 is 5.32 Å². The molecule has 3 N–H and O–H groups in total. The van der Waals surface area contributed by atoms with Gasteiger partial charge >= 0.3 is 0 Å². The summed E-state index contributed by atoms with van der Waals surface area (Å²) >= 11 is 0. The van der Waals surface area contributed by atoms with E-state index in [2.05, 4.69) is 47.6 Å². The molecule has 1 aromatic carbocycles. The number of piperidine rings is 1. The largest absolute Gasteiger partial charge is 0.354 e. The summed E-state index contributed by atoms with van der Waals surface area (Å²) in [5, 5.41) is 12.9. The summed E-state index contributed by atoms with van der Waals surface area (Å²) in [4.78, 5) is 3.70. The van der Waals surface area contributed by atoms with Crippen molar-refractivity contribution in [1.82, 2.24) is 10.3 Å². The summed E-state index contributed by atoms with van der Waals surface area (Å²) < 4.78 is 0. The Kier molecular flexibility index (Phi) is 5.58. The third kappa shape index (κ3) is 3.93. The SMILES string of the molecule is CCc1c(C2=C/CCCCC(=N)/C=C\2)[nH]c2ccc(C3CCNCC3)cc12. The van der Waals surface area contributed by atoms with Crippen LogP contribution in [0.5, 0.6) is 0 Å². The lowest BCUT2D eigenvalue weighted by molar-refractivity contribution is 0.460. The average molecular weight is 362 g/mol. The molecule has 4 rings (SSSR count). The average Bonchev–Trinajstić information content (AvgIpc) is 3.11. The molecule has 0 spiro atoms. The number of hydrogen-bond donors (Lipinski definition) is 3. The molecule has 1 saturated heterocycles. The zero-order valence-electron chi connectivity index (χ0n) is 16.4. The summed E-state index contributed by atoms with van der Waals surface area (Å²) in [7, 11) is 0. The third-order valence-electron chi connectivity index (χ3n) is 6.11. The first-order valence-corrected chi connectivity index (χ1v) is 10.6. The van der Waals surface area contributed by atoms with Gasteiger partial charge in [0, 0.05) is 22.3 Å².